The molecular formula is C67H74N4O13. The summed E-state index contributed by atoms with van der Waals surface area (Å²) in [5.41, 5.74) is -0.309. The minimum absolute atomic E-state index is 0.00178. The topological polar surface area (TPSA) is 261 Å². The summed E-state index contributed by atoms with van der Waals surface area (Å²) in [7, 11) is 0. The Morgan fingerprint density at radius 3 is 2.58 bits per heavy atom. The molecule has 1 amide bonds. The number of aliphatic hydroxyl groups is 5. The third-order valence-electron chi connectivity index (χ3n) is 22.6. The number of aromatic nitrogens is 2. The average Bonchev–Trinajstić information content (AvgIpc) is 0.965. The molecule has 440 valence electrons. The average molecular weight is 1140 g/mol. The Morgan fingerprint density at radius 2 is 1.74 bits per heavy atom. The van der Waals surface area contributed by atoms with E-state index in [1.165, 1.54) is 36.4 Å². The van der Waals surface area contributed by atoms with Crippen molar-refractivity contribution in [3.05, 3.63) is 93.2 Å². The Kier molecular flexibility index (Phi) is 12.8. The zero-order valence-electron chi connectivity index (χ0n) is 47.5. The first-order valence-corrected chi connectivity index (χ1v) is 30.7. The monoisotopic (exact) mass is 1140 g/mol. The molecule has 3 saturated carbocycles. The number of carbonyl (C=O) groups is 1. The van der Waals surface area contributed by atoms with Crippen LogP contribution in [0.2, 0.25) is 0 Å². The summed E-state index contributed by atoms with van der Waals surface area (Å²) in [4.78, 5) is 47.4. The van der Waals surface area contributed by atoms with Gasteiger partial charge in [0, 0.05) is 89.6 Å². The Bertz CT molecular complexity index is 3880. The minimum Gasteiger partial charge on any atom is -0.508 e. The Hall–Kier alpha value is -6.38. The van der Waals surface area contributed by atoms with E-state index in [2.05, 4.69) is 63.1 Å². The van der Waals surface area contributed by atoms with Gasteiger partial charge in [0.25, 0.3) is 0 Å². The number of benzene rings is 3. The van der Waals surface area contributed by atoms with Gasteiger partial charge in [0.05, 0.1) is 22.9 Å². The van der Waals surface area contributed by atoms with E-state index in [1.54, 1.807) is 6.92 Å². The molecular weight excluding hydrogens is 1070 g/mol. The molecule has 11 aliphatic rings. The number of H-pyrrole nitrogens is 1. The van der Waals surface area contributed by atoms with E-state index >= 15 is 4.79 Å². The molecule has 2 saturated heterocycles. The van der Waals surface area contributed by atoms with Crippen LogP contribution in [0.1, 0.15) is 106 Å². The van der Waals surface area contributed by atoms with Crippen LogP contribution < -0.4 is 20.8 Å². The lowest BCUT2D eigenvalue weighted by Gasteiger charge is -2.66. The van der Waals surface area contributed by atoms with Gasteiger partial charge in [-0.3, -0.25) is 9.59 Å². The van der Waals surface area contributed by atoms with Gasteiger partial charge in [0.2, 0.25) is 5.91 Å². The number of aromatic hydroxyl groups is 2. The lowest BCUT2D eigenvalue weighted by molar-refractivity contribution is -0.398. The first kappa shape index (κ1) is 54.3. The number of phenolic OH excluding ortho intramolecular Hbond substituents is 2. The van der Waals surface area contributed by atoms with Gasteiger partial charge in [-0.2, -0.15) is 0 Å². The summed E-state index contributed by atoms with van der Waals surface area (Å²) in [5, 5.41) is 90.3. The van der Waals surface area contributed by atoms with Crippen LogP contribution in [0.25, 0.3) is 38.3 Å². The van der Waals surface area contributed by atoms with Crippen molar-refractivity contribution in [2.75, 3.05) is 19.7 Å². The molecule has 6 aromatic rings. The highest BCUT2D eigenvalue weighted by Gasteiger charge is 2.71. The number of piperidine rings is 1. The number of amides is 1. The number of ether oxygens (including phenoxy) is 1. The molecule has 10 N–H and O–H groups in total. The Morgan fingerprint density at radius 1 is 0.881 bits per heavy atom. The van der Waals surface area contributed by atoms with Gasteiger partial charge in [0.1, 0.15) is 58.6 Å². The van der Waals surface area contributed by atoms with Crippen molar-refractivity contribution in [2.45, 2.75) is 158 Å². The van der Waals surface area contributed by atoms with E-state index in [-0.39, 0.29) is 64.9 Å². The van der Waals surface area contributed by atoms with Crippen LogP contribution in [0, 0.1) is 82.9 Å². The fourth-order valence-corrected chi connectivity index (χ4v) is 18.5. The second-order valence-corrected chi connectivity index (χ2v) is 26.7. The van der Waals surface area contributed by atoms with E-state index in [4.69, 9.17) is 18.9 Å². The van der Waals surface area contributed by atoms with Crippen molar-refractivity contribution in [3.63, 3.8) is 0 Å². The van der Waals surface area contributed by atoms with Crippen molar-refractivity contribution >= 4 is 38.6 Å². The molecule has 84 heavy (non-hydrogen) atoms. The number of rotatable bonds is 8. The third-order valence-corrected chi connectivity index (χ3v) is 22.6. The molecule has 0 unspecified atom stereocenters. The molecule has 5 fully saturated rings. The second kappa shape index (κ2) is 19.8. The standard InChI is InChI=1S/C67H74N4O13/c1-3-51-44-24-40-10-4-8-37-26-65-19-16-35(37)9-6-18-64-28-46-36-7-5-11-55(66(80,62(78)59(77)54(76)33-72)27-38-12-15-52(74)42-14-13-41(73)25-43(38)42)83-84-56-23-39-22-45-53(75)21-34(2)81-61(45)58(71(51)32-50(44)70-40)60(39)82-67(56,48(29-64)57(46)68-20-17-36)30-47(64)49(65)31-69-63(65)79/h12-15,21-22,24-25,32,35-37,46-49,54-57,59,62,68,70,72-74,76-78,80H,3-4,7-10,16-17,19-20,23,26-31,33H2,1-2H3,(H,69,79)/t35-,36+,37-,46-,47+,48+,49+,54+,55-,56+,57-,59+,62-,64+,65-,66-,67-/m0/s1. The number of aromatic amines is 1. The van der Waals surface area contributed by atoms with Crippen LogP contribution in [0.15, 0.2) is 63.9 Å². The smallest absolute Gasteiger partial charge is 0.226 e. The van der Waals surface area contributed by atoms with Gasteiger partial charge in [-0.1, -0.05) is 24.8 Å². The largest absolute Gasteiger partial charge is 0.508 e. The number of nitrogens with one attached hydrogen (secondary N) is 3. The highest BCUT2D eigenvalue weighted by molar-refractivity contribution is 5.94. The molecule has 0 radical (unpaired) electrons. The van der Waals surface area contributed by atoms with E-state index in [0.717, 1.165) is 80.1 Å². The first-order valence-electron chi connectivity index (χ1n) is 30.7. The first-order chi connectivity index (χ1) is 40.5. The summed E-state index contributed by atoms with van der Waals surface area (Å²) in [6, 6.07) is 12.8. The summed E-state index contributed by atoms with van der Waals surface area (Å²) in [5.74, 6) is 15.6. The van der Waals surface area contributed by atoms with E-state index in [1.807, 2.05) is 6.07 Å². The molecule has 17 nitrogen and oxygen atoms in total. The van der Waals surface area contributed by atoms with Gasteiger partial charge in [-0.05, 0) is 167 Å². The fourth-order valence-electron chi connectivity index (χ4n) is 18.5. The minimum atomic E-state index is -2.64. The predicted octanol–water partition coefficient (Wildman–Crippen LogP) is 6.22. The predicted molar refractivity (Wildman–Crippen MR) is 310 cm³/mol. The van der Waals surface area contributed by atoms with Crippen LogP contribution in [0.3, 0.4) is 0 Å². The van der Waals surface area contributed by atoms with Crippen molar-refractivity contribution < 1.29 is 59.5 Å². The van der Waals surface area contributed by atoms with Gasteiger partial charge >= 0.3 is 0 Å². The van der Waals surface area contributed by atoms with Crippen molar-refractivity contribution in [3.8, 4) is 46.6 Å². The lowest BCUT2D eigenvalue weighted by Crippen LogP contribution is -2.73. The zero-order chi connectivity index (χ0) is 57.8. The maximum absolute atomic E-state index is 15.2. The summed E-state index contributed by atoms with van der Waals surface area (Å²) in [6.45, 7) is 4.14. The molecule has 6 aliphatic heterocycles. The number of phenols is 2. The van der Waals surface area contributed by atoms with Gasteiger partial charge in [-0.25, -0.2) is 9.78 Å². The molecule has 9 heterocycles. The maximum atomic E-state index is 15.2. The van der Waals surface area contributed by atoms with Crippen LogP contribution in [-0.4, -0.2) is 119 Å². The molecule has 3 aromatic carbocycles. The number of aliphatic hydroxyl groups excluding tert-OH is 4. The molecule has 3 aromatic heterocycles. The number of fused-ring (bicyclic) bond motifs is 6. The number of hydrogen-bond acceptors (Lipinski definition) is 14. The van der Waals surface area contributed by atoms with Gasteiger partial charge in [0.15, 0.2) is 22.9 Å². The number of carbonyl (C=O) groups excluding carboxylic acids is 1. The summed E-state index contributed by atoms with van der Waals surface area (Å²) >= 11 is 0. The van der Waals surface area contributed by atoms with Crippen LogP contribution in [-0.2, 0) is 40.3 Å². The zero-order valence-corrected chi connectivity index (χ0v) is 47.5. The fraction of sp³-hybridized carbons (Fsp3) is 0.552. The highest BCUT2D eigenvalue weighted by Crippen LogP contribution is 2.68. The van der Waals surface area contributed by atoms with E-state index in [9.17, 15) is 40.5 Å². The van der Waals surface area contributed by atoms with Crippen molar-refractivity contribution in [1.82, 2.24) is 20.2 Å². The Labute approximate surface area is 486 Å². The Balaban J connectivity index is 0.984. The van der Waals surface area contributed by atoms with E-state index in [0.29, 0.717) is 101 Å². The summed E-state index contributed by atoms with van der Waals surface area (Å²) < 4.78 is 17.2. The van der Waals surface area contributed by atoms with Gasteiger partial charge < -0.3 is 65.1 Å². The van der Waals surface area contributed by atoms with E-state index < -0.39 is 65.6 Å². The maximum Gasteiger partial charge on any atom is 0.226 e. The quantitative estimate of drug-likeness (QED) is 0.0600. The van der Waals surface area contributed by atoms with Crippen molar-refractivity contribution in [1.29, 1.82) is 0 Å². The molecule has 3 spiro atoms. The molecule has 17 atom stereocenters. The van der Waals surface area contributed by atoms with Gasteiger partial charge in [-0.15, -0.1) is 11.8 Å². The molecule has 17 heteroatoms. The van der Waals surface area contributed by atoms with Crippen LogP contribution >= 0.6 is 0 Å². The third kappa shape index (κ3) is 8.06. The number of nitrogens with zero attached hydrogens (tertiary/aromatic N) is 1. The molecule has 15 bridgehead atoms. The molecule has 5 aliphatic carbocycles. The molecule has 17 rings (SSSR count). The summed E-state index contributed by atoms with van der Waals surface area (Å²) in [6.07, 6.45) is 2.15. The van der Waals surface area contributed by atoms with Crippen LogP contribution in [0.4, 0.5) is 0 Å². The SMILES string of the molecule is CCc1c2cc3[nH]c2cn1-c1c2c(cc4c(=O)cc(C)oc14)C[C@H]1OO[C@H]([C@@](O)(Cc4ccc(O)c5ccc(O)cc45)[C@@H](O)[C@H](O)[C@H](O)CO)C#CC[C@@H]4CCN[C@H]5[C@H]4C[C@@]46C#CC[C@H]7CC[C@@]8(C[C@@H]7CCC3)C(=O)NC[C@@H]8[C@H]4C[C@]1(O2)[C@@H]5C6. The second-order valence-electron chi connectivity index (χ2n) is 26.7. The number of aryl methyl sites for hydroxylation is 3. The normalized spacial score (nSPS) is 34.6. The number of hydrogen-bond donors (Lipinski definition) is 10. The van der Waals surface area contributed by atoms with Crippen LogP contribution in [0.5, 0.6) is 17.2 Å². The van der Waals surface area contributed by atoms with Crippen molar-refractivity contribution in [2.24, 2.45) is 52.3 Å². The highest BCUT2D eigenvalue weighted by atomic mass is 17.2. The lowest BCUT2D eigenvalue weighted by atomic mass is 9.41.